The van der Waals surface area contributed by atoms with E-state index in [0.717, 1.165) is 16.9 Å². The summed E-state index contributed by atoms with van der Waals surface area (Å²) in [5, 5.41) is 3.03. The summed E-state index contributed by atoms with van der Waals surface area (Å²) >= 11 is 0. The van der Waals surface area contributed by atoms with E-state index in [1.54, 1.807) is 31.4 Å². The minimum Gasteiger partial charge on any atom is -0.497 e. The highest BCUT2D eigenvalue weighted by Gasteiger charge is 2.11. The van der Waals surface area contributed by atoms with Crippen LogP contribution in [0.4, 0.5) is 0 Å². The zero-order chi connectivity index (χ0) is 17.6. The largest absolute Gasteiger partial charge is 0.497 e. The van der Waals surface area contributed by atoms with Gasteiger partial charge < -0.3 is 10.1 Å². The normalized spacial score (nSPS) is 11.6. The standard InChI is InChI=1S/C22H21NO2/c1-16(23-22(24)20-12-14-21(25-2)15-13-20)17-8-10-19(11-9-17)18-6-4-3-5-7-18/h3-16H,1-2H3,(H,23,24). The van der Waals surface area contributed by atoms with Crippen molar-refractivity contribution in [1.82, 2.24) is 5.32 Å². The fourth-order valence-corrected chi connectivity index (χ4v) is 2.70. The summed E-state index contributed by atoms with van der Waals surface area (Å²) in [6.45, 7) is 1.99. The number of nitrogens with one attached hydrogen (secondary N) is 1. The Morgan fingerprint density at radius 3 is 2.04 bits per heavy atom. The fourth-order valence-electron chi connectivity index (χ4n) is 2.70. The molecule has 3 rings (SSSR count). The predicted octanol–water partition coefficient (Wildman–Crippen LogP) is 4.85. The highest BCUT2D eigenvalue weighted by Crippen LogP contribution is 2.22. The van der Waals surface area contributed by atoms with E-state index < -0.39 is 0 Å². The van der Waals surface area contributed by atoms with Crippen molar-refractivity contribution in [2.75, 3.05) is 7.11 Å². The molecule has 3 heteroatoms. The number of ether oxygens (including phenoxy) is 1. The minimum absolute atomic E-state index is 0.0700. The molecular formula is C22H21NO2. The Hall–Kier alpha value is -3.07. The molecule has 0 saturated carbocycles. The van der Waals surface area contributed by atoms with Gasteiger partial charge in [-0.1, -0.05) is 54.6 Å². The number of methoxy groups -OCH3 is 1. The van der Waals surface area contributed by atoms with Crippen LogP contribution >= 0.6 is 0 Å². The van der Waals surface area contributed by atoms with Crippen molar-refractivity contribution in [1.29, 1.82) is 0 Å². The van der Waals surface area contributed by atoms with Gasteiger partial charge in [-0.15, -0.1) is 0 Å². The molecule has 0 radical (unpaired) electrons. The smallest absolute Gasteiger partial charge is 0.251 e. The summed E-state index contributed by atoms with van der Waals surface area (Å²) in [5.41, 5.74) is 4.04. The maximum Gasteiger partial charge on any atom is 0.251 e. The van der Waals surface area contributed by atoms with Crippen molar-refractivity contribution in [3.8, 4) is 16.9 Å². The third-order valence-corrected chi connectivity index (χ3v) is 4.22. The number of hydrogen-bond acceptors (Lipinski definition) is 2. The van der Waals surface area contributed by atoms with E-state index >= 15 is 0 Å². The molecule has 1 amide bonds. The molecule has 0 heterocycles. The van der Waals surface area contributed by atoms with Gasteiger partial charge in [0, 0.05) is 5.56 Å². The maximum atomic E-state index is 12.4. The van der Waals surface area contributed by atoms with Crippen LogP contribution in [0.25, 0.3) is 11.1 Å². The van der Waals surface area contributed by atoms with Crippen molar-refractivity contribution in [3.05, 3.63) is 90.0 Å². The lowest BCUT2D eigenvalue weighted by Crippen LogP contribution is -2.26. The molecule has 0 aromatic heterocycles. The summed E-state index contributed by atoms with van der Waals surface area (Å²) in [6.07, 6.45) is 0. The molecular weight excluding hydrogens is 310 g/mol. The van der Waals surface area contributed by atoms with Gasteiger partial charge in [-0.05, 0) is 47.9 Å². The van der Waals surface area contributed by atoms with Gasteiger partial charge in [0.2, 0.25) is 0 Å². The lowest BCUT2D eigenvalue weighted by Gasteiger charge is -2.15. The van der Waals surface area contributed by atoms with Crippen molar-refractivity contribution >= 4 is 5.91 Å². The molecule has 1 atom stereocenters. The number of amides is 1. The molecule has 1 N–H and O–H groups in total. The van der Waals surface area contributed by atoms with Crippen molar-refractivity contribution in [2.24, 2.45) is 0 Å². The van der Waals surface area contributed by atoms with Crippen LogP contribution in [-0.4, -0.2) is 13.0 Å². The van der Waals surface area contributed by atoms with Crippen LogP contribution in [0, 0.1) is 0 Å². The average molecular weight is 331 g/mol. The second-order valence-corrected chi connectivity index (χ2v) is 5.91. The highest BCUT2D eigenvalue weighted by atomic mass is 16.5. The van der Waals surface area contributed by atoms with Crippen LogP contribution in [0.2, 0.25) is 0 Å². The lowest BCUT2D eigenvalue weighted by atomic mass is 10.0. The van der Waals surface area contributed by atoms with E-state index in [-0.39, 0.29) is 11.9 Å². The molecule has 0 aliphatic heterocycles. The zero-order valence-corrected chi connectivity index (χ0v) is 14.4. The number of benzene rings is 3. The van der Waals surface area contributed by atoms with Crippen LogP contribution in [0.5, 0.6) is 5.75 Å². The van der Waals surface area contributed by atoms with Crippen molar-refractivity contribution in [3.63, 3.8) is 0 Å². The Morgan fingerprint density at radius 1 is 0.840 bits per heavy atom. The summed E-state index contributed by atoms with van der Waals surface area (Å²) in [6, 6.07) is 25.6. The van der Waals surface area contributed by atoms with Gasteiger partial charge in [0.1, 0.15) is 5.75 Å². The van der Waals surface area contributed by atoms with Gasteiger partial charge in [-0.25, -0.2) is 0 Å². The van der Waals surface area contributed by atoms with E-state index in [1.165, 1.54) is 5.56 Å². The maximum absolute atomic E-state index is 12.4. The van der Waals surface area contributed by atoms with Crippen molar-refractivity contribution in [2.45, 2.75) is 13.0 Å². The first-order valence-corrected chi connectivity index (χ1v) is 8.27. The molecule has 0 bridgehead atoms. The summed E-state index contributed by atoms with van der Waals surface area (Å²) in [5.74, 6) is 0.642. The number of carbonyl (C=O) groups is 1. The molecule has 3 nitrogen and oxygen atoms in total. The van der Waals surface area contributed by atoms with Gasteiger partial charge in [0.25, 0.3) is 5.91 Å². The van der Waals surface area contributed by atoms with E-state index in [0.29, 0.717) is 5.56 Å². The third-order valence-electron chi connectivity index (χ3n) is 4.22. The van der Waals surface area contributed by atoms with Crippen LogP contribution in [-0.2, 0) is 0 Å². The Balaban J connectivity index is 1.68. The number of carbonyl (C=O) groups excluding carboxylic acids is 1. The Labute approximate surface area is 148 Å². The first-order chi connectivity index (χ1) is 12.2. The first-order valence-electron chi connectivity index (χ1n) is 8.27. The monoisotopic (exact) mass is 331 g/mol. The molecule has 0 aliphatic carbocycles. The predicted molar refractivity (Wildman–Crippen MR) is 101 cm³/mol. The van der Waals surface area contributed by atoms with Crippen LogP contribution in [0.1, 0.15) is 28.9 Å². The van der Waals surface area contributed by atoms with Crippen molar-refractivity contribution < 1.29 is 9.53 Å². The Bertz CT molecular complexity index is 824. The van der Waals surface area contributed by atoms with Crippen LogP contribution < -0.4 is 10.1 Å². The van der Waals surface area contributed by atoms with Gasteiger partial charge in [-0.3, -0.25) is 4.79 Å². The molecule has 3 aromatic rings. The Kier molecular flexibility index (Phi) is 5.14. The summed E-state index contributed by atoms with van der Waals surface area (Å²) < 4.78 is 5.12. The van der Waals surface area contributed by atoms with E-state index in [1.807, 2.05) is 25.1 Å². The van der Waals surface area contributed by atoms with Gasteiger partial charge in [-0.2, -0.15) is 0 Å². The van der Waals surface area contributed by atoms with E-state index in [9.17, 15) is 4.79 Å². The summed E-state index contributed by atoms with van der Waals surface area (Å²) in [7, 11) is 1.61. The van der Waals surface area contributed by atoms with Gasteiger partial charge >= 0.3 is 0 Å². The molecule has 0 saturated heterocycles. The fraction of sp³-hybridized carbons (Fsp3) is 0.136. The summed E-state index contributed by atoms with van der Waals surface area (Å²) in [4.78, 5) is 12.4. The molecule has 126 valence electrons. The van der Waals surface area contributed by atoms with E-state index in [2.05, 4.69) is 41.7 Å². The second-order valence-electron chi connectivity index (χ2n) is 5.91. The van der Waals surface area contributed by atoms with E-state index in [4.69, 9.17) is 4.74 Å². The SMILES string of the molecule is COc1ccc(C(=O)NC(C)c2ccc(-c3ccccc3)cc2)cc1. The first kappa shape index (κ1) is 16.8. The number of hydrogen-bond donors (Lipinski definition) is 1. The molecule has 0 fully saturated rings. The third kappa shape index (κ3) is 4.07. The molecule has 1 unspecified atom stereocenters. The molecule has 0 spiro atoms. The molecule has 25 heavy (non-hydrogen) atoms. The molecule has 0 aliphatic rings. The van der Waals surface area contributed by atoms with Gasteiger partial charge in [0.05, 0.1) is 13.2 Å². The second kappa shape index (κ2) is 7.67. The number of rotatable bonds is 5. The molecule has 3 aromatic carbocycles. The van der Waals surface area contributed by atoms with Crippen LogP contribution in [0.15, 0.2) is 78.9 Å². The van der Waals surface area contributed by atoms with Gasteiger partial charge in [0.15, 0.2) is 0 Å². The topological polar surface area (TPSA) is 38.3 Å². The zero-order valence-electron chi connectivity index (χ0n) is 14.4. The van der Waals surface area contributed by atoms with Crippen LogP contribution in [0.3, 0.4) is 0 Å². The average Bonchev–Trinajstić information content (AvgIpc) is 2.68. The quantitative estimate of drug-likeness (QED) is 0.725. The Morgan fingerprint density at radius 2 is 1.44 bits per heavy atom. The minimum atomic E-state index is -0.0951. The highest BCUT2D eigenvalue weighted by molar-refractivity contribution is 5.94. The lowest BCUT2D eigenvalue weighted by molar-refractivity contribution is 0.0940.